The third kappa shape index (κ3) is 3.19. The molecule has 0 aliphatic carbocycles. The van der Waals surface area contributed by atoms with Gasteiger partial charge in [0.05, 0.1) is 12.2 Å². The SMILES string of the molecule is Cc1ccc(C#N)c(NCC(C)(O)CO)n1. The van der Waals surface area contributed by atoms with E-state index < -0.39 is 5.60 Å². The first-order chi connectivity index (χ1) is 7.48. The minimum atomic E-state index is -1.22. The molecule has 0 saturated carbocycles. The van der Waals surface area contributed by atoms with Crippen molar-refractivity contribution in [3.05, 3.63) is 23.4 Å². The lowest BCUT2D eigenvalue weighted by molar-refractivity contribution is 0.0131. The summed E-state index contributed by atoms with van der Waals surface area (Å²) in [4.78, 5) is 4.15. The van der Waals surface area contributed by atoms with Crippen molar-refractivity contribution in [3.63, 3.8) is 0 Å². The second-order valence-electron chi connectivity index (χ2n) is 3.97. The predicted molar refractivity (Wildman–Crippen MR) is 59.9 cm³/mol. The fourth-order valence-electron chi connectivity index (χ4n) is 1.11. The number of hydrogen-bond acceptors (Lipinski definition) is 5. The van der Waals surface area contributed by atoms with E-state index in [2.05, 4.69) is 10.3 Å². The zero-order valence-electron chi connectivity index (χ0n) is 9.36. The van der Waals surface area contributed by atoms with Gasteiger partial charge in [-0.15, -0.1) is 0 Å². The minimum absolute atomic E-state index is 0.134. The molecule has 0 spiro atoms. The molecular formula is C11H15N3O2. The zero-order valence-corrected chi connectivity index (χ0v) is 9.36. The number of nitriles is 1. The molecule has 1 unspecified atom stereocenters. The van der Waals surface area contributed by atoms with Gasteiger partial charge in [0.15, 0.2) is 0 Å². The number of aryl methyl sites for hydroxylation is 1. The molecular weight excluding hydrogens is 206 g/mol. The Morgan fingerprint density at radius 3 is 2.81 bits per heavy atom. The number of aliphatic hydroxyl groups excluding tert-OH is 1. The lowest BCUT2D eigenvalue weighted by Gasteiger charge is -2.21. The maximum atomic E-state index is 9.59. The van der Waals surface area contributed by atoms with E-state index in [9.17, 15) is 5.11 Å². The highest BCUT2D eigenvalue weighted by Gasteiger charge is 2.19. The van der Waals surface area contributed by atoms with Crippen molar-refractivity contribution in [1.82, 2.24) is 4.98 Å². The standard InChI is InChI=1S/C11H15N3O2/c1-8-3-4-9(5-12)10(14-8)13-6-11(2,16)7-15/h3-4,15-16H,6-7H2,1-2H3,(H,13,14). The van der Waals surface area contributed by atoms with Crippen LogP contribution in [0.2, 0.25) is 0 Å². The van der Waals surface area contributed by atoms with Crippen LogP contribution in [0.15, 0.2) is 12.1 Å². The van der Waals surface area contributed by atoms with Crippen molar-refractivity contribution >= 4 is 5.82 Å². The average molecular weight is 221 g/mol. The van der Waals surface area contributed by atoms with E-state index >= 15 is 0 Å². The molecule has 0 aromatic carbocycles. The van der Waals surface area contributed by atoms with Crippen LogP contribution < -0.4 is 5.32 Å². The molecule has 5 nitrogen and oxygen atoms in total. The van der Waals surface area contributed by atoms with E-state index in [0.717, 1.165) is 5.69 Å². The number of nitrogens with one attached hydrogen (secondary N) is 1. The summed E-state index contributed by atoms with van der Waals surface area (Å²) in [5.74, 6) is 0.427. The summed E-state index contributed by atoms with van der Waals surface area (Å²) in [5, 5.41) is 30.2. The lowest BCUT2D eigenvalue weighted by Crippen LogP contribution is -2.37. The zero-order chi connectivity index (χ0) is 12.2. The van der Waals surface area contributed by atoms with Crippen molar-refractivity contribution in [2.24, 2.45) is 0 Å². The lowest BCUT2D eigenvalue weighted by atomic mass is 10.1. The summed E-state index contributed by atoms with van der Waals surface area (Å²) < 4.78 is 0. The number of aliphatic hydroxyl groups is 2. The molecule has 0 amide bonds. The molecule has 1 heterocycles. The summed E-state index contributed by atoms with van der Waals surface area (Å²) in [7, 11) is 0. The quantitative estimate of drug-likeness (QED) is 0.685. The fraction of sp³-hybridized carbons (Fsp3) is 0.455. The first kappa shape index (κ1) is 12.4. The van der Waals surface area contributed by atoms with E-state index in [1.807, 2.05) is 13.0 Å². The summed E-state index contributed by atoms with van der Waals surface area (Å²) in [5.41, 5.74) is -0.0255. The monoisotopic (exact) mass is 221 g/mol. The molecule has 1 atom stereocenters. The van der Waals surface area contributed by atoms with Crippen LogP contribution in [0.1, 0.15) is 18.2 Å². The van der Waals surface area contributed by atoms with Crippen LogP contribution in [0.3, 0.4) is 0 Å². The molecule has 1 aromatic heterocycles. The Bertz CT molecular complexity index is 410. The van der Waals surface area contributed by atoms with E-state index in [0.29, 0.717) is 11.4 Å². The van der Waals surface area contributed by atoms with Gasteiger partial charge in [-0.05, 0) is 26.0 Å². The Morgan fingerprint density at radius 1 is 1.56 bits per heavy atom. The molecule has 0 saturated heterocycles. The van der Waals surface area contributed by atoms with Crippen molar-refractivity contribution in [3.8, 4) is 6.07 Å². The summed E-state index contributed by atoms with van der Waals surface area (Å²) in [6.45, 7) is 3.10. The highest BCUT2D eigenvalue weighted by Crippen LogP contribution is 2.13. The predicted octanol–water partition coefficient (Wildman–Crippen LogP) is 0.417. The first-order valence-corrected chi connectivity index (χ1v) is 4.93. The number of pyridine rings is 1. The topological polar surface area (TPSA) is 89.2 Å². The molecule has 3 N–H and O–H groups in total. The van der Waals surface area contributed by atoms with Crippen molar-refractivity contribution in [1.29, 1.82) is 5.26 Å². The van der Waals surface area contributed by atoms with Crippen LogP contribution in [-0.2, 0) is 0 Å². The van der Waals surface area contributed by atoms with Crippen LogP contribution in [-0.4, -0.2) is 33.9 Å². The second-order valence-corrected chi connectivity index (χ2v) is 3.97. The minimum Gasteiger partial charge on any atom is -0.393 e. The van der Waals surface area contributed by atoms with Crippen molar-refractivity contribution in [2.45, 2.75) is 19.4 Å². The Hall–Kier alpha value is -1.64. The third-order valence-electron chi connectivity index (χ3n) is 2.13. The Balaban J connectivity index is 2.81. The summed E-state index contributed by atoms with van der Waals surface area (Å²) >= 11 is 0. The fourth-order valence-corrected chi connectivity index (χ4v) is 1.11. The van der Waals surface area contributed by atoms with Gasteiger partial charge >= 0.3 is 0 Å². The van der Waals surface area contributed by atoms with Gasteiger partial charge < -0.3 is 15.5 Å². The smallest absolute Gasteiger partial charge is 0.144 e. The molecule has 0 aliphatic heterocycles. The molecule has 86 valence electrons. The van der Waals surface area contributed by atoms with Crippen LogP contribution in [0, 0.1) is 18.3 Å². The summed E-state index contributed by atoms with van der Waals surface area (Å²) in [6.07, 6.45) is 0. The van der Waals surface area contributed by atoms with E-state index in [1.165, 1.54) is 6.92 Å². The molecule has 0 aliphatic rings. The highest BCUT2D eigenvalue weighted by atomic mass is 16.3. The van der Waals surface area contributed by atoms with Gasteiger partial charge in [-0.1, -0.05) is 0 Å². The van der Waals surface area contributed by atoms with Crippen LogP contribution in [0.25, 0.3) is 0 Å². The maximum absolute atomic E-state index is 9.59. The van der Waals surface area contributed by atoms with Gasteiger partial charge in [-0.2, -0.15) is 5.26 Å². The Labute approximate surface area is 94.4 Å². The molecule has 5 heteroatoms. The normalized spacial score (nSPS) is 13.9. The van der Waals surface area contributed by atoms with E-state index in [1.54, 1.807) is 12.1 Å². The van der Waals surface area contributed by atoms with Crippen molar-refractivity contribution < 1.29 is 10.2 Å². The molecule has 0 fully saturated rings. The maximum Gasteiger partial charge on any atom is 0.144 e. The van der Waals surface area contributed by atoms with E-state index in [4.69, 9.17) is 10.4 Å². The van der Waals surface area contributed by atoms with Gasteiger partial charge in [0, 0.05) is 12.2 Å². The molecule has 1 rings (SSSR count). The largest absolute Gasteiger partial charge is 0.393 e. The molecule has 1 aromatic rings. The molecule has 0 bridgehead atoms. The summed E-state index contributed by atoms with van der Waals surface area (Å²) in [6, 6.07) is 5.42. The first-order valence-electron chi connectivity index (χ1n) is 4.93. The van der Waals surface area contributed by atoms with Crippen LogP contribution in [0.4, 0.5) is 5.82 Å². The third-order valence-corrected chi connectivity index (χ3v) is 2.13. The number of aromatic nitrogens is 1. The van der Waals surface area contributed by atoms with Gasteiger partial charge in [-0.3, -0.25) is 0 Å². The van der Waals surface area contributed by atoms with E-state index in [-0.39, 0.29) is 13.2 Å². The molecule has 0 radical (unpaired) electrons. The Kier molecular flexibility index (Phi) is 3.82. The van der Waals surface area contributed by atoms with Gasteiger partial charge in [-0.25, -0.2) is 4.98 Å². The number of rotatable bonds is 4. The number of nitrogens with zero attached hydrogens (tertiary/aromatic N) is 2. The van der Waals surface area contributed by atoms with Gasteiger partial charge in [0.1, 0.15) is 17.5 Å². The van der Waals surface area contributed by atoms with Gasteiger partial charge in [0.2, 0.25) is 0 Å². The number of anilines is 1. The van der Waals surface area contributed by atoms with Crippen LogP contribution >= 0.6 is 0 Å². The van der Waals surface area contributed by atoms with Gasteiger partial charge in [0.25, 0.3) is 0 Å². The highest BCUT2D eigenvalue weighted by molar-refractivity contribution is 5.52. The Morgan fingerprint density at radius 2 is 2.25 bits per heavy atom. The molecule has 16 heavy (non-hydrogen) atoms. The number of hydrogen-bond donors (Lipinski definition) is 3. The second kappa shape index (κ2) is 4.92. The average Bonchev–Trinajstić information content (AvgIpc) is 2.27. The van der Waals surface area contributed by atoms with Crippen LogP contribution in [0.5, 0.6) is 0 Å². The van der Waals surface area contributed by atoms with Crippen molar-refractivity contribution in [2.75, 3.05) is 18.5 Å².